The Balaban J connectivity index is 1.48. The van der Waals surface area contributed by atoms with E-state index in [4.69, 9.17) is 9.26 Å². The van der Waals surface area contributed by atoms with Crippen LogP contribution in [0.1, 0.15) is 42.4 Å². The summed E-state index contributed by atoms with van der Waals surface area (Å²) >= 11 is 0. The number of esters is 1. The van der Waals surface area contributed by atoms with Gasteiger partial charge in [0, 0.05) is 24.1 Å². The molecular weight excluding hydrogens is 389 g/mol. The number of hydrogen-bond donors (Lipinski definition) is 1. The van der Waals surface area contributed by atoms with Crippen LogP contribution in [0.3, 0.4) is 0 Å². The fraction of sp³-hybridized carbons (Fsp3) is 0.273. The van der Waals surface area contributed by atoms with Gasteiger partial charge in [0.05, 0.1) is 12.2 Å². The van der Waals surface area contributed by atoms with Crippen LogP contribution < -0.4 is 5.32 Å². The van der Waals surface area contributed by atoms with Gasteiger partial charge in [0.25, 0.3) is 0 Å². The van der Waals surface area contributed by atoms with E-state index in [1.807, 2.05) is 6.92 Å². The van der Waals surface area contributed by atoms with Crippen LogP contribution in [0.5, 0.6) is 0 Å². The molecule has 8 heteroatoms. The lowest BCUT2D eigenvalue weighted by atomic mass is 10.2. The first-order valence-electron chi connectivity index (χ1n) is 9.70. The van der Waals surface area contributed by atoms with Crippen molar-refractivity contribution in [3.63, 3.8) is 0 Å². The predicted molar refractivity (Wildman–Crippen MR) is 108 cm³/mol. The number of unbranched alkanes of at least 4 members (excludes halogenated alkanes) is 1. The Morgan fingerprint density at radius 1 is 1.17 bits per heavy atom. The van der Waals surface area contributed by atoms with Crippen LogP contribution >= 0.6 is 0 Å². The van der Waals surface area contributed by atoms with Crippen molar-refractivity contribution < 1.29 is 23.2 Å². The van der Waals surface area contributed by atoms with Crippen LogP contribution in [-0.2, 0) is 16.0 Å². The number of anilines is 1. The molecule has 1 N–H and O–H groups in total. The number of ether oxygens (including phenoxy) is 1. The van der Waals surface area contributed by atoms with E-state index in [1.165, 1.54) is 12.1 Å². The first-order valence-corrected chi connectivity index (χ1v) is 9.70. The van der Waals surface area contributed by atoms with Crippen LogP contribution in [0.25, 0.3) is 11.4 Å². The third-order valence-corrected chi connectivity index (χ3v) is 4.25. The standard InChI is InChI=1S/C22H22FN3O4/c1-2-3-13-29-22(28)15-7-9-18(10-8-15)24-19(27)11-12-20-25-21(26-30-20)16-5-4-6-17(23)14-16/h4-10,14H,2-3,11-13H2,1H3,(H,24,27). The summed E-state index contributed by atoms with van der Waals surface area (Å²) in [6, 6.07) is 12.4. The monoisotopic (exact) mass is 411 g/mol. The number of nitrogens with one attached hydrogen (secondary N) is 1. The van der Waals surface area contributed by atoms with E-state index < -0.39 is 5.82 Å². The minimum Gasteiger partial charge on any atom is -0.462 e. The summed E-state index contributed by atoms with van der Waals surface area (Å²) in [5.41, 5.74) is 1.50. The molecule has 0 saturated heterocycles. The second-order valence-corrected chi connectivity index (χ2v) is 6.64. The summed E-state index contributed by atoms with van der Waals surface area (Å²) in [5.74, 6) is -0.454. The summed E-state index contributed by atoms with van der Waals surface area (Å²) in [5, 5.41) is 6.56. The van der Waals surface area contributed by atoms with Crippen LogP contribution in [0.2, 0.25) is 0 Å². The van der Waals surface area contributed by atoms with Gasteiger partial charge in [-0.25, -0.2) is 9.18 Å². The van der Waals surface area contributed by atoms with E-state index >= 15 is 0 Å². The molecule has 1 amide bonds. The van der Waals surface area contributed by atoms with Crippen molar-refractivity contribution in [1.82, 2.24) is 10.1 Å². The van der Waals surface area contributed by atoms with E-state index in [0.29, 0.717) is 23.4 Å². The number of carbonyl (C=O) groups excluding carboxylic acids is 2. The summed E-state index contributed by atoms with van der Waals surface area (Å²) in [6.45, 7) is 2.41. The highest BCUT2D eigenvalue weighted by atomic mass is 19.1. The largest absolute Gasteiger partial charge is 0.462 e. The number of carbonyl (C=O) groups is 2. The third kappa shape index (κ3) is 5.97. The SMILES string of the molecule is CCCCOC(=O)c1ccc(NC(=O)CCc2nc(-c3cccc(F)c3)no2)cc1. The van der Waals surface area contributed by atoms with Crippen molar-refractivity contribution in [3.8, 4) is 11.4 Å². The lowest BCUT2D eigenvalue weighted by Gasteiger charge is -2.06. The van der Waals surface area contributed by atoms with Gasteiger partial charge in [-0.2, -0.15) is 4.98 Å². The van der Waals surface area contributed by atoms with Crippen molar-refractivity contribution in [3.05, 3.63) is 65.8 Å². The normalized spacial score (nSPS) is 10.6. The van der Waals surface area contributed by atoms with Gasteiger partial charge >= 0.3 is 5.97 Å². The molecular formula is C22H22FN3O4. The van der Waals surface area contributed by atoms with Gasteiger partial charge in [-0.05, 0) is 42.8 Å². The van der Waals surface area contributed by atoms with Gasteiger partial charge in [0.2, 0.25) is 17.6 Å². The molecule has 2 aromatic carbocycles. The average molecular weight is 411 g/mol. The molecule has 0 aliphatic heterocycles. The molecule has 3 rings (SSSR count). The molecule has 3 aromatic rings. The highest BCUT2D eigenvalue weighted by Gasteiger charge is 2.12. The average Bonchev–Trinajstić information content (AvgIpc) is 3.22. The molecule has 156 valence electrons. The number of aryl methyl sites for hydroxylation is 1. The van der Waals surface area contributed by atoms with Gasteiger partial charge in [0.1, 0.15) is 5.82 Å². The Bertz CT molecular complexity index is 1000. The molecule has 0 spiro atoms. The summed E-state index contributed by atoms with van der Waals surface area (Å²) in [4.78, 5) is 28.2. The van der Waals surface area contributed by atoms with Crippen molar-refractivity contribution in [2.24, 2.45) is 0 Å². The van der Waals surface area contributed by atoms with Crippen molar-refractivity contribution in [1.29, 1.82) is 0 Å². The molecule has 7 nitrogen and oxygen atoms in total. The number of benzene rings is 2. The lowest BCUT2D eigenvalue weighted by molar-refractivity contribution is -0.116. The Morgan fingerprint density at radius 2 is 1.97 bits per heavy atom. The fourth-order valence-electron chi connectivity index (χ4n) is 2.63. The van der Waals surface area contributed by atoms with E-state index in [-0.39, 0.29) is 36.4 Å². The third-order valence-electron chi connectivity index (χ3n) is 4.25. The highest BCUT2D eigenvalue weighted by molar-refractivity contribution is 5.93. The fourth-order valence-corrected chi connectivity index (χ4v) is 2.63. The van der Waals surface area contributed by atoms with Crippen LogP contribution in [-0.4, -0.2) is 28.6 Å². The molecule has 0 aliphatic carbocycles. The molecule has 1 aromatic heterocycles. The van der Waals surface area contributed by atoms with Gasteiger partial charge < -0.3 is 14.6 Å². The Labute approximate surface area is 173 Å². The number of aromatic nitrogens is 2. The van der Waals surface area contributed by atoms with E-state index in [2.05, 4.69) is 15.5 Å². The van der Waals surface area contributed by atoms with E-state index in [9.17, 15) is 14.0 Å². The summed E-state index contributed by atoms with van der Waals surface area (Å²) in [6.07, 6.45) is 2.15. The Hall–Kier alpha value is -3.55. The maximum atomic E-state index is 13.3. The van der Waals surface area contributed by atoms with Gasteiger partial charge in [-0.15, -0.1) is 0 Å². The minimum atomic E-state index is -0.390. The number of halogens is 1. The number of nitrogens with zero attached hydrogens (tertiary/aromatic N) is 2. The maximum Gasteiger partial charge on any atom is 0.338 e. The topological polar surface area (TPSA) is 94.3 Å². The van der Waals surface area contributed by atoms with Gasteiger partial charge in [0.15, 0.2) is 0 Å². The van der Waals surface area contributed by atoms with Crippen molar-refractivity contribution in [2.45, 2.75) is 32.6 Å². The zero-order valence-electron chi connectivity index (χ0n) is 16.6. The predicted octanol–water partition coefficient (Wildman–Crippen LogP) is 4.40. The van der Waals surface area contributed by atoms with Crippen LogP contribution in [0.4, 0.5) is 10.1 Å². The second kappa shape index (κ2) is 10.3. The van der Waals surface area contributed by atoms with E-state index in [1.54, 1.807) is 36.4 Å². The zero-order valence-corrected chi connectivity index (χ0v) is 16.6. The molecule has 0 aliphatic rings. The second-order valence-electron chi connectivity index (χ2n) is 6.64. The van der Waals surface area contributed by atoms with Crippen LogP contribution in [0, 0.1) is 5.82 Å². The summed E-state index contributed by atoms with van der Waals surface area (Å²) in [7, 11) is 0. The quantitative estimate of drug-likeness (QED) is 0.414. The smallest absolute Gasteiger partial charge is 0.338 e. The van der Waals surface area contributed by atoms with Crippen molar-refractivity contribution >= 4 is 17.6 Å². The van der Waals surface area contributed by atoms with Crippen LogP contribution in [0.15, 0.2) is 53.1 Å². The first-order chi connectivity index (χ1) is 14.5. The molecule has 1 heterocycles. The lowest BCUT2D eigenvalue weighted by Crippen LogP contribution is -2.13. The number of amides is 1. The molecule has 0 atom stereocenters. The zero-order chi connectivity index (χ0) is 21.3. The van der Waals surface area contributed by atoms with Crippen molar-refractivity contribution in [2.75, 3.05) is 11.9 Å². The first kappa shape index (κ1) is 21.2. The maximum absolute atomic E-state index is 13.3. The molecule has 30 heavy (non-hydrogen) atoms. The highest BCUT2D eigenvalue weighted by Crippen LogP contribution is 2.17. The number of rotatable bonds is 9. The Kier molecular flexibility index (Phi) is 7.26. The van der Waals surface area contributed by atoms with E-state index in [0.717, 1.165) is 12.8 Å². The molecule has 0 unspecified atom stereocenters. The Morgan fingerprint density at radius 3 is 2.70 bits per heavy atom. The molecule has 0 radical (unpaired) electrons. The van der Waals surface area contributed by atoms with Gasteiger partial charge in [-0.1, -0.05) is 30.6 Å². The van der Waals surface area contributed by atoms with Gasteiger partial charge in [-0.3, -0.25) is 4.79 Å². The number of hydrogen-bond acceptors (Lipinski definition) is 6. The molecule has 0 bridgehead atoms. The minimum absolute atomic E-state index is 0.131. The molecule has 0 fully saturated rings. The molecule has 0 saturated carbocycles. The summed E-state index contributed by atoms with van der Waals surface area (Å²) < 4.78 is 23.6.